The summed E-state index contributed by atoms with van der Waals surface area (Å²) in [6, 6.07) is 20.4. The lowest BCUT2D eigenvalue weighted by atomic mass is 9.99. The number of thiophene rings is 1. The number of Topliss-reactive ketones (excluding diaryl/α,β-unsaturated/α-hetero) is 1. The number of halogens is 1. The first-order chi connectivity index (χ1) is 15.5. The van der Waals surface area contributed by atoms with Gasteiger partial charge in [0.05, 0.1) is 5.52 Å². The number of rotatable bonds is 2. The second-order valence-electron chi connectivity index (χ2n) is 7.25. The fraction of sp³-hybridized carbons (Fsp3) is 0.0400. The molecule has 0 radical (unpaired) electrons. The topological polar surface area (TPSA) is 82.5 Å². The first-order valence-electron chi connectivity index (χ1n) is 9.64. The third-order valence-electron chi connectivity index (χ3n) is 5.42. The molecule has 0 amide bonds. The van der Waals surface area contributed by atoms with Gasteiger partial charge < -0.3 is 4.57 Å². The van der Waals surface area contributed by atoms with Crippen LogP contribution in [0.15, 0.2) is 65.7 Å². The summed E-state index contributed by atoms with van der Waals surface area (Å²) in [6.07, 6.45) is 1.75. The molecular formula is C25H13ClN4OS. The molecular weight excluding hydrogens is 440 g/mol. The molecule has 0 fully saturated rings. The number of hydrogen-bond donors (Lipinski definition) is 0. The summed E-state index contributed by atoms with van der Waals surface area (Å²) in [5.74, 6) is 0.633. The molecule has 0 N–H and O–H groups in total. The average molecular weight is 453 g/mol. The van der Waals surface area contributed by atoms with Crippen LogP contribution < -0.4 is 0 Å². The van der Waals surface area contributed by atoms with Gasteiger partial charge in [0.2, 0.25) is 0 Å². The molecule has 32 heavy (non-hydrogen) atoms. The van der Waals surface area contributed by atoms with Gasteiger partial charge in [-0.3, -0.25) is 4.79 Å². The van der Waals surface area contributed by atoms with Crippen LogP contribution in [0.25, 0.3) is 33.4 Å². The Kier molecular flexibility index (Phi) is 4.75. The van der Waals surface area contributed by atoms with Gasteiger partial charge in [-0.1, -0.05) is 35.9 Å². The van der Waals surface area contributed by atoms with Crippen LogP contribution in [0.2, 0.25) is 5.02 Å². The van der Waals surface area contributed by atoms with Crippen LogP contribution in [-0.4, -0.2) is 15.3 Å². The van der Waals surface area contributed by atoms with Crippen LogP contribution >= 0.6 is 22.9 Å². The molecule has 2 aromatic carbocycles. The van der Waals surface area contributed by atoms with Crippen molar-refractivity contribution in [1.29, 1.82) is 10.5 Å². The minimum atomic E-state index is -0.189. The number of hydrogen-bond acceptors (Lipinski definition) is 5. The van der Waals surface area contributed by atoms with E-state index in [0.717, 1.165) is 26.6 Å². The number of carbonyl (C=O) groups excluding carboxylic acids is 1. The molecule has 2 aromatic heterocycles. The van der Waals surface area contributed by atoms with Gasteiger partial charge in [0, 0.05) is 39.2 Å². The highest BCUT2D eigenvalue weighted by atomic mass is 35.5. The predicted octanol–water partition coefficient (Wildman–Crippen LogP) is 6.04. The molecule has 0 saturated heterocycles. The van der Waals surface area contributed by atoms with Gasteiger partial charge in [0.15, 0.2) is 5.78 Å². The fourth-order valence-electron chi connectivity index (χ4n) is 3.91. The summed E-state index contributed by atoms with van der Waals surface area (Å²) < 4.78 is 2.00. The number of allylic oxidation sites excluding steroid dienone is 3. The number of fused-ring (bicyclic) bond motifs is 2. The van der Waals surface area contributed by atoms with E-state index < -0.39 is 0 Å². The summed E-state index contributed by atoms with van der Waals surface area (Å²) in [6.45, 7) is 0. The number of nitrogens with zero attached hydrogens (tertiary/aromatic N) is 4. The largest absolute Gasteiger partial charge is 0.326 e. The monoisotopic (exact) mass is 452 g/mol. The van der Waals surface area contributed by atoms with Crippen molar-refractivity contribution in [2.45, 2.75) is 0 Å². The van der Waals surface area contributed by atoms with E-state index in [-0.39, 0.29) is 11.4 Å². The third-order valence-corrected chi connectivity index (χ3v) is 6.63. The maximum absolute atomic E-state index is 13.1. The van der Waals surface area contributed by atoms with Crippen LogP contribution in [0.1, 0.15) is 20.8 Å². The molecule has 0 atom stereocenters. The Hall–Kier alpha value is -3.97. The van der Waals surface area contributed by atoms with Gasteiger partial charge >= 0.3 is 0 Å². The first kappa shape index (κ1) is 20.0. The lowest BCUT2D eigenvalue weighted by molar-refractivity contribution is 0.104. The van der Waals surface area contributed by atoms with E-state index in [9.17, 15) is 15.3 Å². The van der Waals surface area contributed by atoms with Gasteiger partial charge in [0.25, 0.3) is 0 Å². The molecule has 1 aliphatic carbocycles. The van der Waals surface area contributed by atoms with Crippen molar-refractivity contribution in [3.63, 3.8) is 0 Å². The van der Waals surface area contributed by atoms with Crippen LogP contribution in [0.3, 0.4) is 0 Å². The standard InChI is InChI=1S/C25H13ClN4OS/c1-30-21-11-17(32-25(21)29-24(30)14-6-8-16(26)9-7-14)10-20-22(15(12-27)13-28)18-4-2-3-5-19(18)23(20)31/h2-11H,1H3/b20-10-. The Morgan fingerprint density at radius 2 is 1.78 bits per heavy atom. The number of imidazole rings is 1. The van der Waals surface area contributed by atoms with Crippen molar-refractivity contribution in [2.75, 3.05) is 0 Å². The number of nitriles is 2. The van der Waals surface area contributed by atoms with Gasteiger partial charge in [0.1, 0.15) is 28.4 Å². The van der Waals surface area contributed by atoms with Crippen molar-refractivity contribution in [1.82, 2.24) is 9.55 Å². The van der Waals surface area contributed by atoms with E-state index >= 15 is 0 Å². The highest BCUT2D eigenvalue weighted by molar-refractivity contribution is 7.19. The number of benzene rings is 2. The highest BCUT2D eigenvalue weighted by Gasteiger charge is 2.32. The predicted molar refractivity (Wildman–Crippen MR) is 126 cm³/mol. The molecule has 7 heteroatoms. The fourth-order valence-corrected chi connectivity index (χ4v) is 5.04. The molecule has 0 bridgehead atoms. The van der Waals surface area contributed by atoms with Crippen LogP contribution in [-0.2, 0) is 7.05 Å². The van der Waals surface area contributed by atoms with Crippen LogP contribution in [0.4, 0.5) is 0 Å². The van der Waals surface area contributed by atoms with Crippen molar-refractivity contribution < 1.29 is 4.79 Å². The number of ketones is 1. The minimum absolute atomic E-state index is 0.0705. The molecule has 0 saturated carbocycles. The van der Waals surface area contributed by atoms with Gasteiger partial charge in [-0.05, 0) is 42.0 Å². The Morgan fingerprint density at radius 3 is 2.44 bits per heavy atom. The molecule has 4 aromatic rings. The van der Waals surface area contributed by atoms with Gasteiger partial charge in [-0.25, -0.2) is 4.98 Å². The Morgan fingerprint density at radius 1 is 1.09 bits per heavy atom. The molecule has 2 heterocycles. The molecule has 0 aliphatic heterocycles. The SMILES string of the molecule is Cn1c(-c2ccc(Cl)cc2)nc2sc(/C=C3\C(=O)c4ccccc4C3=C(C#N)C#N)cc21. The van der Waals surface area contributed by atoms with Crippen molar-refractivity contribution in [2.24, 2.45) is 7.05 Å². The molecule has 5 nitrogen and oxygen atoms in total. The summed E-state index contributed by atoms with van der Waals surface area (Å²) in [5.41, 5.74) is 3.68. The maximum atomic E-state index is 13.1. The van der Waals surface area contributed by atoms with Crippen LogP contribution in [0.5, 0.6) is 0 Å². The maximum Gasteiger partial charge on any atom is 0.194 e. The molecule has 1 aliphatic rings. The normalized spacial score (nSPS) is 13.9. The zero-order valence-electron chi connectivity index (χ0n) is 16.8. The number of carbonyl (C=O) groups is 1. The smallest absolute Gasteiger partial charge is 0.194 e. The number of aryl methyl sites for hydroxylation is 1. The van der Waals surface area contributed by atoms with Gasteiger partial charge in [-0.15, -0.1) is 11.3 Å². The quantitative estimate of drug-likeness (QED) is 0.274. The highest BCUT2D eigenvalue weighted by Crippen LogP contribution is 2.41. The van der Waals surface area contributed by atoms with Crippen molar-refractivity contribution in [3.05, 3.63) is 86.8 Å². The molecule has 152 valence electrons. The lowest BCUT2D eigenvalue weighted by Crippen LogP contribution is -1.95. The van der Waals surface area contributed by atoms with E-state index in [4.69, 9.17) is 16.6 Å². The third kappa shape index (κ3) is 3.06. The van der Waals surface area contributed by atoms with Gasteiger partial charge in [-0.2, -0.15) is 10.5 Å². The van der Waals surface area contributed by atoms with E-state index in [2.05, 4.69) is 0 Å². The zero-order valence-corrected chi connectivity index (χ0v) is 18.3. The zero-order chi connectivity index (χ0) is 22.4. The van der Waals surface area contributed by atoms with Crippen molar-refractivity contribution >= 4 is 50.7 Å². The van der Waals surface area contributed by atoms with E-state index in [0.29, 0.717) is 27.3 Å². The Labute approximate surface area is 192 Å². The Balaban J connectivity index is 1.63. The second kappa shape index (κ2) is 7.62. The molecule has 0 unspecified atom stereocenters. The van der Waals surface area contributed by atoms with Crippen molar-refractivity contribution in [3.8, 4) is 23.5 Å². The lowest BCUT2D eigenvalue weighted by Gasteiger charge is -2.03. The van der Waals surface area contributed by atoms with E-state index in [1.54, 1.807) is 30.3 Å². The summed E-state index contributed by atoms with van der Waals surface area (Å²) >= 11 is 7.45. The summed E-state index contributed by atoms with van der Waals surface area (Å²) in [7, 11) is 1.94. The van der Waals surface area contributed by atoms with Crippen LogP contribution in [0, 0.1) is 22.7 Å². The Bertz CT molecular complexity index is 1560. The summed E-state index contributed by atoms with van der Waals surface area (Å²) in [4.78, 5) is 19.5. The molecule has 0 spiro atoms. The first-order valence-corrected chi connectivity index (χ1v) is 10.8. The van der Waals surface area contributed by atoms with E-state index in [1.165, 1.54) is 11.3 Å². The second-order valence-corrected chi connectivity index (χ2v) is 8.75. The van der Waals surface area contributed by atoms with E-state index in [1.807, 2.05) is 54.1 Å². The number of aromatic nitrogens is 2. The average Bonchev–Trinajstić information content (AvgIpc) is 3.43. The summed E-state index contributed by atoms with van der Waals surface area (Å²) in [5, 5.41) is 19.6. The minimum Gasteiger partial charge on any atom is -0.326 e. The molecule has 5 rings (SSSR count).